The highest BCUT2D eigenvalue weighted by molar-refractivity contribution is 6.31. The summed E-state index contributed by atoms with van der Waals surface area (Å²) in [6.45, 7) is 6.94. The van der Waals surface area contributed by atoms with Gasteiger partial charge >= 0.3 is 0 Å². The molecular weight excluding hydrogens is 332 g/mol. The predicted octanol–water partition coefficient (Wildman–Crippen LogP) is 4.24. The summed E-state index contributed by atoms with van der Waals surface area (Å²) in [6.07, 6.45) is 8.23. The molecule has 25 heavy (non-hydrogen) atoms. The number of benzene rings is 1. The summed E-state index contributed by atoms with van der Waals surface area (Å²) in [4.78, 5) is 5.32. The van der Waals surface area contributed by atoms with E-state index in [1.54, 1.807) is 0 Å². The highest BCUT2D eigenvalue weighted by Gasteiger charge is 2.43. The van der Waals surface area contributed by atoms with Crippen molar-refractivity contribution in [1.82, 2.24) is 4.90 Å². The Bertz CT molecular complexity index is 614. The lowest BCUT2D eigenvalue weighted by molar-refractivity contribution is 0.0770. The van der Waals surface area contributed by atoms with Crippen LogP contribution in [-0.4, -0.2) is 48.3 Å². The molecule has 2 saturated heterocycles. The molecule has 1 saturated carbocycles. The van der Waals surface area contributed by atoms with Gasteiger partial charge in [-0.1, -0.05) is 17.7 Å². The standard InChI is InChI=1S/C21H31ClN2O/c1-16-19(22)4-2-5-20(16)24-12-3-10-21(15-24)11-13-23(14-21)17-6-8-18(25)9-7-17/h2,4-5,17-18,25H,3,6-15H2,1H3/t17?,18?,21-/m1/s1. The van der Waals surface area contributed by atoms with Gasteiger partial charge in [0.2, 0.25) is 0 Å². The monoisotopic (exact) mass is 362 g/mol. The smallest absolute Gasteiger partial charge is 0.0541 e. The van der Waals surface area contributed by atoms with Crippen molar-refractivity contribution in [1.29, 1.82) is 0 Å². The van der Waals surface area contributed by atoms with E-state index in [0.717, 1.165) is 24.4 Å². The molecule has 2 heterocycles. The van der Waals surface area contributed by atoms with Crippen molar-refractivity contribution in [3.8, 4) is 0 Å². The second-order valence-corrected chi connectivity index (χ2v) is 9.00. The molecule has 3 fully saturated rings. The van der Waals surface area contributed by atoms with Crippen LogP contribution in [0.15, 0.2) is 18.2 Å². The van der Waals surface area contributed by atoms with Gasteiger partial charge in [0.25, 0.3) is 0 Å². The molecule has 1 spiro atoms. The van der Waals surface area contributed by atoms with Gasteiger partial charge in [0.1, 0.15) is 0 Å². The van der Waals surface area contributed by atoms with Crippen molar-refractivity contribution in [2.24, 2.45) is 5.41 Å². The van der Waals surface area contributed by atoms with E-state index in [0.29, 0.717) is 11.5 Å². The second kappa shape index (κ2) is 7.09. The first-order valence-electron chi connectivity index (χ1n) is 9.99. The molecule has 4 heteroatoms. The van der Waals surface area contributed by atoms with Gasteiger partial charge < -0.3 is 10.0 Å². The van der Waals surface area contributed by atoms with Gasteiger partial charge in [-0.25, -0.2) is 0 Å². The molecule has 3 aliphatic rings. The highest BCUT2D eigenvalue weighted by atomic mass is 35.5. The van der Waals surface area contributed by atoms with Crippen LogP contribution in [0.2, 0.25) is 5.02 Å². The van der Waals surface area contributed by atoms with Crippen molar-refractivity contribution in [3.63, 3.8) is 0 Å². The molecule has 4 rings (SSSR count). The van der Waals surface area contributed by atoms with E-state index in [9.17, 15) is 5.11 Å². The summed E-state index contributed by atoms with van der Waals surface area (Å²) >= 11 is 6.37. The lowest BCUT2D eigenvalue weighted by Gasteiger charge is -2.43. The van der Waals surface area contributed by atoms with E-state index in [2.05, 4.69) is 28.9 Å². The normalized spacial score (nSPS) is 34.0. The maximum atomic E-state index is 9.79. The summed E-state index contributed by atoms with van der Waals surface area (Å²) in [5.74, 6) is 0. The van der Waals surface area contributed by atoms with Crippen molar-refractivity contribution in [3.05, 3.63) is 28.8 Å². The Labute approximate surface area is 157 Å². The van der Waals surface area contributed by atoms with Crippen LogP contribution < -0.4 is 4.90 Å². The second-order valence-electron chi connectivity index (χ2n) is 8.59. The average molecular weight is 363 g/mol. The van der Waals surface area contributed by atoms with Crippen LogP contribution in [0.25, 0.3) is 0 Å². The van der Waals surface area contributed by atoms with Crippen LogP contribution in [-0.2, 0) is 0 Å². The molecule has 0 bridgehead atoms. The van der Waals surface area contributed by atoms with Gasteiger partial charge in [-0.3, -0.25) is 4.90 Å². The third-order valence-electron chi connectivity index (χ3n) is 6.89. The zero-order chi connectivity index (χ0) is 17.4. The van der Waals surface area contributed by atoms with Gasteiger partial charge in [-0.05, 0) is 76.1 Å². The summed E-state index contributed by atoms with van der Waals surface area (Å²) < 4.78 is 0. The molecule has 3 nitrogen and oxygen atoms in total. The fraction of sp³-hybridized carbons (Fsp3) is 0.714. The quantitative estimate of drug-likeness (QED) is 0.852. The molecule has 1 atom stereocenters. The van der Waals surface area contributed by atoms with Crippen LogP contribution in [0.3, 0.4) is 0 Å². The number of nitrogens with zero attached hydrogens (tertiary/aromatic N) is 2. The number of hydrogen-bond donors (Lipinski definition) is 1. The molecule has 1 aromatic carbocycles. The molecule has 1 N–H and O–H groups in total. The minimum atomic E-state index is -0.0520. The van der Waals surface area contributed by atoms with Crippen LogP contribution in [0, 0.1) is 12.3 Å². The van der Waals surface area contributed by atoms with Gasteiger partial charge in [-0.2, -0.15) is 0 Å². The van der Waals surface area contributed by atoms with E-state index >= 15 is 0 Å². The Kier molecular flexibility index (Phi) is 5.00. The Morgan fingerprint density at radius 3 is 2.68 bits per heavy atom. The molecule has 0 amide bonds. The molecule has 0 radical (unpaired) electrons. The van der Waals surface area contributed by atoms with Crippen molar-refractivity contribution in [2.45, 2.75) is 64.0 Å². The van der Waals surface area contributed by atoms with Crippen LogP contribution in [0.5, 0.6) is 0 Å². The lowest BCUT2D eigenvalue weighted by Crippen LogP contribution is -2.46. The summed E-state index contributed by atoms with van der Waals surface area (Å²) in [5.41, 5.74) is 2.99. The summed E-state index contributed by atoms with van der Waals surface area (Å²) in [7, 11) is 0. The Morgan fingerprint density at radius 1 is 1.08 bits per heavy atom. The zero-order valence-electron chi connectivity index (χ0n) is 15.4. The Hall–Kier alpha value is -0.770. The summed E-state index contributed by atoms with van der Waals surface area (Å²) in [6, 6.07) is 7.01. The molecule has 138 valence electrons. The minimum Gasteiger partial charge on any atom is -0.393 e. The van der Waals surface area contributed by atoms with Gasteiger partial charge in [0.15, 0.2) is 0 Å². The van der Waals surface area contributed by atoms with Crippen molar-refractivity contribution >= 4 is 17.3 Å². The molecule has 1 aliphatic carbocycles. The van der Waals surface area contributed by atoms with Gasteiger partial charge in [-0.15, -0.1) is 0 Å². The number of rotatable bonds is 2. The van der Waals surface area contributed by atoms with E-state index < -0.39 is 0 Å². The number of anilines is 1. The molecule has 2 aliphatic heterocycles. The average Bonchev–Trinajstić information content (AvgIpc) is 3.01. The molecule has 0 aromatic heterocycles. The topological polar surface area (TPSA) is 26.7 Å². The van der Waals surface area contributed by atoms with Crippen LogP contribution in [0.4, 0.5) is 5.69 Å². The summed E-state index contributed by atoms with van der Waals surface area (Å²) in [5, 5.41) is 10.7. The predicted molar refractivity (Wildman–Crippen MR) is 105 cm³/mol. The third-order valence-corrected chi connectivity index (χ3v) is 7.30. The SMILES string of the molecule is Cc1c(Cl)cccc1N1CCC[C@]2(CCN(C3CCC(O)CC3)C2)C1. The highest BCUT2D eigenvalue weighted by Crippen LogP contribution is 2.43. The van der Waals surface area contributed by atoms with Crippen molar-refractivity contribution in [2.75, 3.05) is 31.1 Å². The maximum absolute atomic E-state index is 9.79. The first-order chi connectivity index (χ1) is 12.1. The number of aliphatic hydroxyl groups is 1. The largest absolute Gasteiger partial charge is 0.393 e. The Morgan fingerprint density at radius 2 is 1.88 bits per heavy atom. The number of hydrogen-bond acceptors (Lipinski definition) is 3. The maximum Gasteiger partial charge on any atom is 0.0541 e. The Balaban J connectivity index is 1.45. The number of likely N-dealkylation sites (tertiary alicyclic amines) is 1. The first-order valence-corrected chi connectivity index (χ1v) is 10.4. The number of aliphatic hydroxyl groups excluding tert-OH is 1. The minimum absolute atomic E-state index is 0.0520. The van der Waals surface area contributed by atoms with Gasteiger partial charge in [0.05, 0.1) is 6.10 Å². The molecule has 1 aromatic rings. The molecule has 0 unspecified atom stereocenters. The third kappa shape index (κ3) is 3.56. The van der Waals surface area contributed by atoms with Gasteiger partial charge in [0, 0.05) is 41.8 Å². The fourth-order valence-electron chi connectivity index (χ4n) is 5.39. The van der Waals surface area contributed by atoms with E-state index in [1.165, 1.54) is 63.0 Å². The van der Waals surface area contributed by atoms with E-state index in [-0.39, 0.29) is 6.10 Å². The van der Waals surface area contributed by atoms with E-state index in [4.69, 9.17) is 11.6 Å². The van der Waals surface area contributed by atoms with Crippen LogP contribution in [0.1, 0.15) is 50.5 Å². The number of halogens is 1. The number of piperidine rings is 1. The van der Waals surface area contributed by atoms with Crippen molar-refractivity contribution < 1.29 is 5.11 Å². The fourth-order valence-corrected chi connectivity index (χ4v) is 5.56. The molecular formula is C21H31ClN2O. The first kappa shape index (κ1) is 17.6. The van der Waals surface area contributed by atoms with E-state index in [1.807, 2.05) is 6.07 Å². The zero-order valence-corrected chi connectivity index (χ0v) is 16.1. The lowest BCUT2D eigenvalue weighted by atomic mass is 9.79. The van der Waals surface area contributed by atoms with Crippen LogP contribution >= 0.6 is 11.6 Å².